The molecule has 0 aliphatic heterocycles. The molecule has 0 bridgehead atoms. The molecule has 1 heterocycles. The molecule has 1 N–H and O–H groups in total. The van der Waals surface area contributed by atoms with Crippen LogP contribution >= 0.6 is 34.8 Å². The summed E-state index contributed by atoms with van der Waals surface area (Å²) in [5.41, 5.74) is 1.18. The van der Waals surface area contributed by atoms with E-state index in [1.54, 1.807) is 25.2 Å². The van der Waals surface area contributed by atoms with Gasteiger partial charge in [0.1, 0.15) is 5.82 Å². The zero-order valence-electron chi connectivity index (χ0n) is 10.6. The van der Waals surface area contributed by atoms with Crippen LogP contribution < -0.4 is 5.32 Å². The zero-order chi connectivity index (χ0) is 14.7. The number of aromatic nitrogens is 1. The standard InChI is InChI=1S/C14H12Cl3FN2/c1-19-13(14-11(17)5-10(16)7-20-14)4-8-2-3-9(15)6-12(8)18/h2-3,5-7,13,19H,4H2,1H3. The van der Waals surface area contributed by atoms with Crippen LogP contribution in [0.15, 0.2) is 30.5 Å². The van der Waals surface area contributed by atoms with Gasteiger partial charge in [-0.05, 0) is 37.2 Å². The summed E-state index contributed by atoms with van der Waals surface area (Å²) in [5.74, 6) is -0.345. The highest BCUT2D eigenvalue weighted by atomic mass is 35.5. The van der Waals surface area contributed by atoms with Gasteiger partial charge in [-0.3, -0.25) is 4.98 Å². The van der Waals surface area contributed by atoms with Gasteiger partial charge in [0, 0.05) is 11.2 Å². The minimum absolute atomic E-state index is 0.213. The van der Waals surface area contributed by atoms with E-state index in [-0.39, 0.29) is 11.9 Å². The van der Waals surface area contributed by atoms with E-state index in [0.29, 0.717) is 32.7 Å². The van der Waals surface area contributed by atoms with Crippen LogP contribution in [-0.2, 0) is 6.42 Å². The minimum atomic E-state index is -0.345. The van der Waals surface area contributed by atoms with Gasteiger partial charge in [-0.1, -0.05) is 40.9 Å². The maximum Gasteiger partial charge on any atom is 0.127 e. The molecule has 1 unspecified atom stereocenters. The molecule has 1 aromatic heterocycles. The van der Waals surface area contributed by atoms with Crippen LogP contribution in [0.3, 0.4) is 0 Å². The summed E-state index contributed by atoms with van der Waals surface area (Å²) in [6.07, 6.45) is 1.93. The Labute approximate surface area is 131 Å². The summed E-state index contributed by atoms with van der Waals surface area (Å²) in [4.78, 5) is 4.22. The summed E-state index contributed by atoms with van der Waals surface area (Å²) in [5, 5.41) is 4.36. The summed E-state index contributed by atoms with van der Waals surface area (Å²) in [6, 6.07) is 6.01. The van der Waals surface area contributed by atoms with Crippen molar-refractivity contribution in [3.63, 3.8) is 0 Å². The van der Waals surface area contributed by atoms with Crippen LogP contribution in [0.5, 0.6) is 0 Å². The lowest BCUT2D eigenvalue weighted by atomic mass is 10.0. The third-order valence-electron chi connectivity index (χ3n) is 2.95. The fourth-order valence-corrected chi connectivity index (χ4v) is 2.59. The highest BCUT2D eigenvalue weighted by Crippen LogP contribution is 2.27. The average molecular weight is 334 g/mol. The minimum Gasteiger partial charge on any atom is -0.311 e. The van der Waals surface area contributed by atoms with Gasteiger partial charge in [0.05, 0.1) is 21.8 Å². The van der Waals surface area contributed by atoms with Gasteiger partial charge in [-0.15, -0.1) is 0 Å². The van der Waals surface area contributed by atoms with E-state index in [4.69, 9.17) is 34.8 Å². The number of benzene rings is 1. The van der Waals surface area contributed by atoms with E-state index in [2.05, 4.69) is 10.3 Å². The molecular weight excluding hydrogens is 322 g/mol. The van der Waals surface area contributed by atoms with Crippen molar-refractivity contribution in [1.29, 1.82) is 0 Å². The predicted octanol–water partition coefficient (Wildman–Crippen LogP) is 4.68. The van der Waals surface area contributed by atoms with E-state index < -0.39 is 0 Å². The Balaban J connectivity index is 2.28. The SMILES string of the molecule is CNC(Cc1ccc(Cl)cc1F)c1ncc(Cl)cc1Cl. The third kappa shape index (κ3) is 3.61. The molecule has 20 heavy (non-hydrogen) atoms. The molecule has 106 valence electrons. The molecule has 0 aliphatic carbocycles. The first-order valence-electron chi connectivity index (χ1n) is 5.93. The number of hydrogen-bond donors (Lipinski definition) is 1. The Kier molecular flexibility index (Phi) is 5.22. The fraction of sp³-hybridized carbons (Fsp3) is 0.214. The normalized spacial score (nSPS) is 12.4. The molecular formula is C14H12Cl3FN2. The van der Waals surface area contributed by atoms with Crippen molar-refractivity contribution in [2.75, 3.05) is 7.05 Å². The van der Waals surface area contributed by atoms with Crippen molar-refractivity contribution in [2.24, 2.45) is 0 Å². The first kappa shape index (κ1) is 15.5. The largest absolute Gasteiger partial charge is 0.311 e. The number of hydrogen-bond acceptors (Lipinski definition) is 2. The van der Waals surface area contributed by atoms with Crippen LogP contribution in [-0.4, -0.2) is 12.0 Å². The summed E-state index contributed by atoms with van der Waals surface area (Å²) >= 11 is 17.7. The van der Waals surface area contributed by atoms with E-state index in [1.807, 2.05) is 0 Å². The van der Waals surface area contributed by atoms with E-state index in [9.17, 15) is 4.39 Å². The summed E-state index contributed by atoms with van der Waals surface area (Å²) in [7, 11) is 1.77. The molecule has 1 atom stereocenters. The maximum atomic E-state index is 13.8. The van der Waals surface area contributed by atoms with Gasteiger partial charge in [0.2, 0.25) is 0 Å². The zero-order valence-corrected chi connectivity index (χ0v) is 12.9. The van der Waals surface area contributed by atoms with Gasteiger partial charge in [0.25, 0.3) is 0 Å². The van der Waals surface area contributed by atoms with Gasteiger partial charge in [0.15, 0.2) is 0 Å². The number of rotatable bonds is 4. The highest BCUT2D eigenvalue weighted by Gasteiger charge is 2.17. The molecule has 0 saturated carbocycles. The summed E-state index contributed by atoms with van der Waals surface area (Å²) < 4.78 is 13.8. The lowest BCUT2D eigenvalue weighted by molar-refractivity contribution is 0.545. The second-order valence-corrected chi connectivity index (χ2v) is 5.58. The maximum absolute atomic E-state index is 13.8. The van der Waals surface area contributed by atoms with Gasteiger partial charge in [-0.2, -0.15) is 0 Å². The van der Waals surface area contributed by atoms with Crippen molar-refractivity contribution >= 4 is 34.8 Å². The van der Waals surface area contributed by atoms with Gasteiger partial charge in [-0.25, -0.2) is 4.39 Å². The lowest BCUT2D eigenvalue weighted by Crippen LogP contribution is -2.21. The van der Waals surface area contributed by atoms with Crippen molar-refractivity contribution in [3.05, 3.63) is 62.6 Å². The molecule has 0 amide bonds. The monoisotopic (exact) mass is 332 g/mol. The van der Waals surface area contributed by atoms with Crippen LogP contribution in [0.25, 0.3) is 0 Å². The Morgan fingerprint density at radius 3 is 2.55 bits per heavy atom. The quantitative estimate of drug-likeness (QED) is 0.878. The number of pyridine rings is 1. The molecule has 1 aromatic carbocycles. The molecule has 0 saturated heterocycles. The molecule has 0 spiro atoms. The van der Waals surface area contributed by atoms with E-state index >= 15 is 0 Å². The van der Waals surface area contributed by atoms with Crippen LogP contribution in [0.2, 0.25) is 15.1 Å². The lowest BCUT2D eigenvalue weighted by Gasteiger charge is -2.17. The highest BCUT2D eigenvalue weighted by molar-refractivity contribution is 6.34. The van der Waals surface area contributed by atoms with Gasteiger partial charge < -0.3 is 5.32 Å². The van der Waals surface area contributed by atoms with E-state index in [0.717, 1.165) is 0 Å². The fourth-order valence-electron chi connectivity index (χ4n) is 1.92. The number of nitrogens with one attached hydrogen (secondary N) is 1. The molecule has 2 rings (SSSR count). The number of nitrogens with zero attached hydrogens (tertiary/aromatic N) is 1. The first-order chi connectivity index (χ1) is 9.51. The predicted molar refractivity (Wildman–Crippen MR) is 81.2 cm³/mol. The number of halogens is 4. The van der Waals surface area contributed by atoms with Crippen LogP contribution in [0, 0.1) is 5.82 Å². The van der Waals surface area contributed by atoms with Crippen molar-refractivity contribution in [1.82, 2.24) is 10.3 Å². The van der Waals surface area contributed by atoms with Crippen molar-refractivity contribution in [3.8, 4) is 0 Å². The molecule has 0 fully saturated rings. The molecule has 0 aliphatic rings. The smallest absolute Gasteiger partial charge is 0.127 e. The molecule has 2 aromatic rings. The Bertz CT molecular complexity index is 619. The molecule has 6 heteroatoms. The van der Waals surface area contributed by atoms with Crippen molar-refractivity contribution in [2.45, 2.75) is 12.5 Å². The first-order valence-corrected chi connectivity index (χ1v) is 7.06. The summed E-state index contributed by atoms with van der Waals surface area (Å²) in [6.45, 7) is 0. The van der Waals surface area contributed by atoms with Gasteiger partial charge >= 0.3 is 0 Å². The molecule has 0 radical (unpaired) electrons. The van der Waals surface area contributed by atoms with E-state index in [1.165, 1.54) is 12.3 Å². The Morgan fingerprint density at radius 2 is 1.95 bits per heavy atom. The topological polar surface area (TPSA) is 24.9 Å². The second-order valence-electron chi connectivity index (χ2n) is 4.30. The van der Waals surface area contributed by atoms with Crippen LogP contribution in [0.4, 0.5) is 4.39 Å². The van der Waals surface area contributed by atoms with Crippen molar-refractivity contribution < 1.29 is 4.39 Å². The Hall–Kier alpha value is -0.870. The number of likely N-dealkylation sites (N-methyl/N-ethyl adjacent to an activating group) is 1. The average Bonchev–Trinajstić information content (AvgIpc) is 2.39. The second kappa shape index (κ2) is 6.72. The van der Waals surface area contributed by atoms with Crippen LogP contribution in [0.1, 0.15) is 17.3 Å². The third-order valence-corrected chi connectivity index (χ3v) is 3.70. The molecule has 2 nitrogen and oxygen atoms in total. The Morgan fingerprint density at radius 1 is 1.20 bits per heavy atom.